The lowest BCUT2D eigenvalue weighted by Gasteiger charge is -2.33. The molecule has 0 spiro atoms. The number of amides is 1. The molecule has 1 atom stereocenters. The van der Waals surface area contributed by atoms with Gasteiger partial charge in [-0.1, -0.05) is 6.92 Å². The van der Waals surface area contributed by atoms with Crippen LogP contribution in [0.3, 0.4) is 0 Å². The number of carbonyl (C=O) groups is 1. The zero-order valence-electron chi connectivity index (χ0n) is 12.8. The fourth-order valence-corrected chi connectivity index (χ4v) is 2.29. The minimum Gasteiger partial charge on any atom is -0.494 e. The number of rotatable bonds is 6. The molecule has 5 heteroatoms. The fraction of sp³-hybridized carbons (Fsp3) is 0.562. The van der Waals surface area contributed by atoms with Crippen molar-refractivity contribution in [3.8, 4) is 11.5 Å². The van der Waals surface area contributed by atoms with Crippen LogP contribution in [0.15, 0.2) is 24.3 Å². The Labute approximate surface area is 126 Å². The third-order valence-corrected chi connectivity index (χ3v) is 3.48. The molecule has 2 rings (SSSR count). The highest BCUT2D eigenvalue weighted by Crippen LogP contribution is 2.18. The summed E-state index contributed by atoms with van der Waals surface area (Å²) in [5, 5.41) is 3.27. The van der Waals surface area contributed by atoms with Gasteiger partial charge >= 0.3 is 0 Å². The summed E-state index contributed by atoms with van der Waals surface area (Å²) < 4.78 is 11.1. The molecule has 1 aromatic rings. The third-order valence-electron chi connectivity index (χ3n) is 3.48. The molecule has 1 fully saturated rings. The molecule has 1 amide bonds. The van der Waals surface area contributed by atoms with Gasteiger partial charge in [-0.3, -0.25) is 4.79 Å². The molecule has 0 unspecified atom stereocenters. The zero-order chi connectivity index (χ0) is 15.1. The topological polar surface area (TPSA) is 50.8 Å². The average Bonchev–Trinajstić information content (AvgIpc) is 2.52. The molecule has 1 saturated heterocycles. The summed E-state index contributed by atoms with van der Waals surface area (Å²) in [6.07, 6.45) is 0.982. The molecular weight excluding hydrogens is 268 g/mol. The number of hydrogen-bond donors (Lipinski definition) is 1. The first kappa shape index (κ1) is 15.6. The van der Waals surface area contributed by atoms with E-state index in [2.05, 4.69) is 12.2 Å². The molecule has 0 radical (unpaired) electrons. The van der Waals surface area contributed by atoms with Crippen molar-refractivity contribution in [3.63, 3.8) is 0 Å². The van der Waals surface area contributed by atoms with Crippen molar-refractivity contribution in [2.24, 2.45) is 0 Å². The molecule has 1 N–H and O–H groups in total. The van der Waals surface area contributed by atoms with Crippen molar-refractivity contribution in [1.82, 2.24) is 10.2 Å². The zero-order valence-corrected chi connectivity index (χ0v) is 12.8. The Morgan fingerprint density at radius 1 is 1.29 bits per heavy atom. The van der Waals surface area contributed by atoms with E-state index in [1.807, 2.05) is 36.1 Å². The molecule has 0 aromatic heterocycles. The minimum absolute atomic E-state index is 0.0373. The second-order valence-electron chi connectivity index (χ2n) is 5.25. The van der Waals surface area contributed by atoms with Gasteiger partial charge in [0.2, 0.25) is 0 Å². The molecule has 21 heavy (non-hydrogen) atoms. The Morgan fingerprint density at radius 3 is 2.57 bits per heavy atom. The number of nitrogens with one attached hydrogen (secondary N) is 1. The lowest BCUT2D eigenvalue weighted by molar-refractivity contribution is -0.136. The van der Waals surface area contributed by atoms with Crippen molar-refractivity contribution < 1.29 is 14.3 Å². The number of hydrogen-bond acceptors (Lipinski definition) is 4. The largest absolute Gasteiger partial charge is 0.494 e. The van der Waals surface area contributed by atoms with Crippen LogP contribution in [0.25, 0.3) is 0 Å². The van der Waals surface area contributed by atoms with E-state index < -0.39 is 0 Å². The Morgan fingerprint density at radius 2 is 1.95 bits per heavy atom. The number of benzene rings is 1. The van der Waals surface area contributed by atoms with Gasteiger partial charge in [0.15, 0.2) is 6.61 Å². The van der Waals surface area contributed by atoms with Gasteiger partial charge in [-0.15, -0.1) is 0 Å². The van der Waals surface area contributed by atoms with Crippen LogP contribution >= 0.6 is 0 Å². The SMILES string of the molecule is CCCOc1ccc(OCC(=O)N2CCNC[C@@H]2C)cc1. The van der Waals surface area contributed by atoms with Gasteiger partial charge in [-0.2, -0.15) is 0 Å². The summed E-state index contributed by atoms with van der Waals surface area (Å²) in [5.74, 6) is 1.55. The van der Waals surface area contributed by atoms with Crippen molar-refractivity contribution in [2.45, 2.75) is 26.3 Å². The van der Waals surface area contributed by atoms with E-state index in [1.54, 1.807) is 0 Å². The summed E-state index contributed by atoms with van der Waals surface area (Å²) in [6.45, 7) is 7.34. The summed E-state index contributed by atoms with van der Waals surface area (Å²) in [7, 11) is 0. The second kappa shape index (κ2) is 7.88. The lowest BCUT2D eigenvalue weighted by atomic mass is 10.2. The maximum absolute atomic E-state index is 12.1. The molecule has 1 aliphatic heterocycles. The highest BCUT2D eigenvalue weighted by molar-refractivity contribution is 5.78. The van der Waals surface area contributed by atoms with Crippen LogP contribution < -0.4 is 14.8 Å². The van der Waals surface area contributed by atoms with Gasteiger partial charge in [-0.25, -0.2) is 0 Å². The van der Waals surface area contributed by atoms with Crippen LogP contribution in [0.4, 0.5) is 0 Å². The first-order valence-electron chi connectivity index (χ1n) is 7.56. The van der Waals surface area contributed by atoms with E-state index in [1.165, 1.54) is 0 Å². The third kappa shape index (κ3) is 4.63. The van der Waals surface area contributed by atoms with E-state index in [0.717, 1.165) is 31.8 Å². The highest BCUT2D eigenvalue weighted by atomic mass is 16.5. The van der Waals surface area contributed by atoms with Gasteiger partial charge in [0.25, 0.3) is 5.91 Å². The first-order valence-corrected chi connectivity index (χ1v) is 7.56. The number of ether oxygens (including phenoxy) is 2. The summed E-state index contributed by atoms with van der Waals surface area (Å²) >= 11 is 0. The summed E-state index contributed by atoms with van der Waals surface area (Å²) in [5.41, 5.74) is 0. The van der Waals surface area contributed by atoms with Crippen LogP contribution in [0.1, 0.15) is 20.3 Å². The first-order chi connectivity index (χ1) is 10.2. The standard InChI is InChI=1S/C16H24N2O3/c1-3-10-20-14-4-6-15(7-5-14)21-12-16(19)18-9-8-17-11-13(18)2/h4-7,13,17H,3,8-12H2,1-2H3/t13-/m0/s1. The van der Waals surface area contributed by atoms with Gasteiger partial charge in [-0.05, 0) is 37.6 Å². The predicted molar refractivity (Wildman–Crippen MR) is 81.8 cm³/mol. The minimum atomic E-state index is 0.0373. The summed E-state index contributed by atoms with van der Waals surface area (Å²) in [4.78, 5) is 14.0. The Hall–Kier alpha value is -1.75. The number of nitrogens with zero attached hydrogens (tertiary/aromatic N) is 1. The fourth-order valence-electron chi connectivity index (χ4n) is 2.29. The average molecular weight is 292 g/mol. The quantitative estimate of drug-likeness (QED) is 0.866. The van der Waals surface area contributed by atoms with E-state index in [9.17, 15) is 4.79 Å². The molecular formula is C16H24N2O3. The molecule has 0 bridgehead atoms. The van der Waals surface area contributed by atoms with Crippen molar-refractivity contribution >= 4 is 5.91 Å². The summed E-state index contributed by atoms with van der Waals surface area (Å²) in [6, 6.07) is 7.62. The molecule has 1 aliphatic rings. The van der Waals surface area contributed by atoms with E-state index in [0.29, 0.717) is 12.4 Å². The van der Waals surface area contributed by atoms with Crippen LogP contribution in [0.5, 0.6) is 11.5 Å². The van der Waals surface area contributed by atoms with Crippen molar-refractivity contribution in [3.05, 3.63) is 24.3 Å². The van der Waals surface area contributed by atoms with E-state index in [-0.39, 0.29) is 18.6 Å². The normalized spacial score (nSPS) is 18.4. The van der Waals surface area contributed by atoms with Gasteiger partial charge in [0, 0.05) is 25.7 Å². The predicted octanol–water partition coefficient (Wildman–Crippen LogP) is 1.67. The van der Waals surface area contributed by atoms with Crippen LogP contribution in [-0.4, -0.2) is 49.7 Å². The lowest BCUT2D eigenvalue weighted by Crippen LogP contribution is -2.53. The van der Waals surface area contributed by atoms with Crippen LogP contribution in [-0.2, 0) is 4.79 Å². The molecule has 0 aliphatic carbocycles. The smallest absolute Gasteiger partial charge is 0.260 e. The van der Waals surface area contributed by atoms with E-state index >= 15 is 0 Å². The second-order valence-corrected chi connectivity index (χ2v) is 5.25. The van der Waals surface area contributed by atoms with Crippen LogP contribution in [0.2, 0.25) is 0 Å². The maximum atomic E-state index is 12.1. The highest BCUT2D eigenvalue weighted by Gasteiger charge is 2.22. The van der Waals surface area contributed by atoms with Crippen molar-refractivity contribution in [1.29, 1.82) is 0 Å². The number of piperazine rings is 1. The van der Waals surface area contributed by atoms with E-state index in [4.69, 9.17) is 9.47 Å². The molecule has 1 aromatic carbocycles. The Bertz CT molecular complexity index is 447. The number of carbonyl (C=O) groups excluding carboxylic acids is 1. The van der Waals surface area contributed by atoms with Gasteiger partial charge in [0.1, 0.15) is 11.5 Å². The van der Waals surface area contributed by atoms with Gasteiger partial charge < -0.3 is 19.7 Å². The Balaban J connectivity index is 1.80. The molecule has 0 saturated carbocycles. The molecule has 116 valence electrons. The Kier molecular flexibility index (Phi) is 5.87. The maximum Gasteiger partial charge on any atom is 0.260 e. The molecule has 1 heterocycles. The van der Waals surface area contributed by atoms with Crippen LogP contribution in [0, 0.1) is 0 Å². The van der Waals surface area contributed by atoms with Gasteiger partial charge in [0.05, 0.1) is 6.61 Å². The monoisotopic (exact) mass is 292 g/mol. The molecule has 5 nitrogen and oxygen atoms in total. The van der Waals surface area contributed by atoms with Crippen molar-refractivity contribution in [2.75, 3.05) is 32.8 Å².